The summed E-state index contributed by atoms with van der Waals surface area (Å²) < 4.78 is 0. The van der Waals surface area contributed by atoms with Crippen LogP contribution in [0.1, 0.15) is 51.6 Å². The van der Waals surface area contributed by atoms with E-state index in [0.29, 0.717) is 5.95 Å². The molecule has 1 heterocycles. The number of anilines is 4. The smallest absolute Gasteiger partial charge is 0.229 e. The molecule has 2 aromatic rings. The molecule has 1 saturated carbocycles. The third-order valence-electron chi connectivity index (χ3n) is 5.31. The average molecular weight is 382 g/mol. The number of nitrogens with one attached hydrogen (secondary N) is 2. The first-order valence-corrected chi connectivity index (χ1v) is 10.4. The summed E-state index contributed by atoms with van der Waals surface area (Å²) in [6, 6.07) is 9.73. The molecule has 6 nitrogen and oxygen atoms in total. The molecule has 1 fully saturated rings. The fourth-order valence-electron chi connectivity index (χ4n) is 3.69. The molecule has 0 radical (unpaired) electrons. The third-order valence-corrected chi connectivity index (χ3v) is 5.31. The molecule has 150 valence electrons. The van der Waals surface area contributed by atoms with E-state index in [1.165, 1.54) is 6.42 Å². The fraction of sp³-hybridized carbons (Fsp3) is 0.500. The van der Waals surface area contributed by atoms with Gasteiger partial charge in [0.1, 0.15) is 5.82 Å². The zero-order chi connectivity index (χ0) is 19.9. The third kappa shape index (κ3) is 5.21. The molecule has 2 N–H and O–H groups in total. The number of carbonyl (C=O) groups excluding carboxylic acids is 1. The van der Waals surface area contributed by atoms with Crippen LogP contribution in [0.4, 0.5) is 23.1 Å². The number of benzene rings is 1. The van der Waals surface area contributed by atoms with Gasteiger partial charge in [-0.15, -0.1) is 0 Å². The number of amides is 1. The first-order chi connectivity index (χ1) is 13.6. The summed E-state index contributed by atoms with van der Waals surface area (Å²) in [6.07, 6.45) is 5.58. The molecule has 0 spiro atoms. The topological polar surface area (TPSA) is 70.2 Å². The fourth-order valence-corrected chi connectivity index (χ4v) is 3.69. The zero-order valence-electron chi connectivity index (χ0n) is 17.2. The van der Waals surface area contributed by atoms with Gasteiger partial charge in [-0.1, -0.05) is 19.3 Å². The van der Waals surface area contributed by atoms with E-state index in [2.05, 4.69) is 39.3 Å². The Kier molecular flexibility index (Phi) is 6.85. The number of rotatable bonds is 7. The Morgan fingerprint density at radius 2 is 1.68 bits per heavy atom. The zero-order valence-corrected chi connectivity index (χ0v) is 17.2. The van der Waals surface area contributed by atoms with Crippen molar-refractivity contribution < 1.29 is 4.79 Å². The maximum atomic E-state index is 12.4. The Labute approximate surface area is 167 Å². The van der Waals surface area contributed by atoms with Crippen LogP contribution in [0.25, 0.3) is 0 Å². The number of hydrogen-bond donors (Lipinski definition) is 2. The van der Waals surface area contributed by atoms with E-state index in [4.69, 9.17) is 0 Å². The van der Waals surface area contributed by atoms with E-state index in [0.717, 1.165) is 61.7 Å². The first-order valence-electron chi connectivity index (χ1n) is 10.4. The number of hydrogen-bond acceptors (Lipinski definition) is 5. The molecule has 28 heavy (non-hydrogen) atoms. The van der Waals surface area contributed by atoms with E-state index in [1.807, 2.05) is 37.3 Å². The minimum Gasteiger partial charge on any atom is -0.357 e. The molecule has 0 atom stereocenters. The predicted octanol–water partition coefficient (Wildman–Crippen LogP) is 4.89. The Morgan fingerprint density at radius 3 is 2.32 bits per heavy atom. The maximum Gasteiger partial charge on any atom is 0.229 e. The minimum absolute atomic E-state index is 0.145. The van der Waals surface area contributed by atoms with Crippen LogP contribution in [-0.2, 0) is 4.79 Å². The summed E-state index contributed by atoms with van der Waals surface area (Å²) in [6.45, 7) is 8.02. The summed E-state index contributed by atoms with van der Waals surface area (Å²) >= 11 is 0. The van der Waals surface area contributed by atoms with Gasteiger partial charge in [0, 0.05) is 42.1 Å². The van der Waals surface area contributed by atoms with Crippen molar-refractivity contribution in [2.75, 3.05) is 28.6 Å². The highest BCUT2D eigenvalue weighted by Gasteiger charge is 2.20. The van der Waals surface area contributed by atoms with Gasteiger partial charge in [0.25, 0.3) is 0 Å². The van der Waals surface area contributed by atoms with Gasteiger partial charge in [-0.25, -0.2) is 4.98 Å². The summed E-state index contributed by atoms with van der Waals surface area (Å²) in [7, 11) is 0. The van der Waals surface area contributed by atoms with Crippen molar-refractivity contribution in [3.8, 4) is 0 Å². The lowest BCUT2D eigenvalue weighted by Gasteiger charge is -2.21. The molecule has 1 aliphatic rings. The lowest BCUT2D eigenvalue weighted by molar-refractivity contribution is -0.120. The second-order valence-corrected chi connectivity index (χ2v) is 7.39. The highest BCUT2D eigenvalue weighted by Crippen LogP contribution is 2.25. The van der Waals surface area contributed by atoms with E-state index in [-0.39, 0.29) is 11.8 Å². The molecule has 1 aromatic carbocycles. The van der Waals surface area contributed by atoms with Crippen molar-refractivity contribution >= 4 is 29.0 Å². The SMILES string of the molecule is CCN(CC)c1cc(C)nc(Nc2ccc(NC(=O)C3CCCCC3)cc2)n1. The van der Waals surface area contributed by atoms with Crippen molar-refractivity contribution in [3.05, 3.63) is 36.0 Å². The van der Waals surface area contributed by atoms with Gasteiger partial charge in [-0.3, -0.25) is 4.79 Å². The molecular formula is C22H31N5O. The van der Waals surface area contributed by atoms with E-state index in [9.17, 15) is 4.79 Å². The van der Waals surface area contributed by atoms with Crippen LogP contribution in [0.3, 0.4) is 0 Å². The van der Waals surface area contributed by atoms with Crippen molar-refractivity contribution in [1.82, 2.24) is 9.97 Å². The molecule has 0 unspecified atom stereocenters. The Balaban J connectivity index is 1.65. The molecule has 0 saturated heterocycles. The van der Waals surface area contributed by atoms with Gasteiger partial charge in [0.05, 0.1) is 0 Å². The van der Waals surface area contributed by atoms with Crippen LogP contribution in [0, 0.1) is 12.8 Å². The van der Waals surface area contributed by atoms with Gasteiger partial charge in [-0.05, 0) is 57.9 Å². The molecule has 0 aliphatic heterocycles. The molecule has 1 aliphatic carbocycles. The number of aromatic nitrogens is 2. The first kappa shape index (κ1) is 20.1. The Bertz CT molecular complexity index is 780. The molecule has 1 aromatic heterocycles. The Hall–Kier alpha value is -2.63. The quantitative estimate of drug-likeness (QED) is 0.714. The minimum atomic E-state index is 0.145. The number of nitrogens with zero attached hydrogens (tertiary/aromatic N) is 3. The van der Waals surface area contributed by atoms with Crippen molar-refractivity contribution in [2.24, 2.45) is 5.92 Å². The average Bonchev–Trinajstić information content (AvgIpc) is 2.71. The maximum absolute atomic E-state index is 12.4. The summed E-state index contributed by atoms with van der Waals surface area (Å²) in [5.74, 6) is 1.81. The van der Waals surface area contributed by atoms with Gasteiger partial charge < -0.3 is 15.5 Å². The molecule has 6 heteroatoms. The lowest BCUT2D eigenvalue weighted by atomic mass is 9.88. The lowest BCUT2D eigenvalue weighted by Crippen LogP contribution is -2.24. The summed E-state index contributed by atoms with van der Waals surface area (Å²) in [5, 5.41) is 6.32. The van der Waals surface area contributed by atoms with Crippen molar-refractivity contribution in [3.63, 3.8) is 0 Å². The normalized spacial score (nSPS) is 14.5. The summed E-state index contributed by atoms with van der Waals surface area (Å²) in [4.78, 5) is 23.7. The standard InChI is InChI=1S/C22H31N5O/c1-4-27(5-2)20-15-16(3)23-22(26-20)25-19-13-11-18(12-14-19)24-21(28)17-9-7-6-8-10-17/h11-15,17H,4-10H2,1-3H3,(H,24,28)(H,23,25,26). The number of aryl methyl sites for hydroxylation is 1. The van der Waals surface area contributed by atoms with Crippen LogP contribution in [0.15, 0.2) is 30.3 Å². The number of carbonyl (C=O) groups is 1. The van der Waals surface area contributed by atoms with E-state index >= 15 is 0 Å². The van der Waals surface area contributed by atoms with Crippen LogP contribution >= 0.6 is 0 Å². The predicted molar refractivity (Wildman–Crippen MR) is 115 cm³/mol. The van der Waals surface area contributed by atoms with Crippen molar-refractivity contribution in [1.29, 1.82) is 0 Å². The largest absolute Gasteiger partial charge is 0.357 e. The Morgan fingerprint density at radius 1 is 1.04 bits per heavy atom. The van der Waals surface area contributed by atoms with E-state index in [1.54, 1.807) is 0 Å². The highest BCUT2D eigenvalue weighted by atomic mass is 16.1. The van der Waals surface area contributed by atoms with Crippen molar-refractivity contribution in [2.45, 2.75) is 52.9 Å². The van der Waals surface area contributed by atoms with Gasteiger partial charge in [-0.2, -0.15) is 4.98 Å². The second-order valence-electron chi connectivity index (χ2n) is 7.39. The molecular weight excluding hydrogens is 350 g/mol. The molecule has 0 bridgehead atoms. The van der Waals surface area contributed by atoms with Crippen LogP contribution in [0.2, 0.25) is 0 Å². The highest BCUT2D eigenvalue weighted by molar-refractivity contribution is 5.92. The van der Waals surface area contributed by atoms with Crippen LogP contribution in [-0.4, -0.2) is 29.0 Å². The molecule has 3 rings (SSSR count). The van der Waals surface area contributed by atoms with Gasteiger partial charge in [0.15, 0.2) is 0 Å². The van der Waals surface area contributed by atoms with Crippen LogP contribution in [0.5, 0.6) is 0 Å². The van der Waals surface area contributed by atoms with Crippen LogP contribution < -0.4 is 15.5 Å². The van der Waals surface area contributed by atoms with Gasteiger partial charge >= 0.3 is 0 Å². The summed E-state index contributed by atoms with van der Waals surface area (Å²) in [5.41, 5.74) is 2.65. The molecule has 1 amide bonds. The van der Waals surface area contributed by atoms with E-state index < -0.39 is 0 Å². The second kappa shape index (κ2) is 9.53. The monoisotopic (exact) mass is 381 g/mol. The van der Waals surface area contributed by atoms with Gasteiger partial charge in [0.2, 0.25) is 11.9 Å².